The molecule has 1 rings (SSSR count). The molecule has 4 N–H and O–H groups in total. The number of nitrogens with two attached hydrogens (primary N) is 1. The molecule has 0 aliphatic rings. The summed E-state index contributed by atoms with van der Waals surface area (Å²) in [5.74, 6) is -1.44. The summed E-state index contributed by atoms with van der Waals surface area (Å²) >= 11 is 3.04. The minimum absolute atomic E-state index is 0.0302. The highest BCUT2D eigenvalue weighted by atomic mass is 79.9. The Morgan fingerprint density at radius 1 is 1.29 bits per heavy atom. The van der Waals surface area contributed by atoms with Crippen LogP contribution in [0.4, 0.5) is 5.69 Å². The SMILES string of the molecule is NS(=O)(=O)c1ccc(NS(=O)(=O)CCCC(=O)O)c(Br)c1. The largest absolute Gasteiger partial charge is 0.481 e. The first kappa shape index (κ1) is 17.9. The van der Waals surface area contributed by atoms with E-state index in [1.54, 1.807) is 0 Å². The van der Waals surface area contributed by atoms with Crippen molar-refractivity contribution in [3.8, 4) is 0 Å². The van der Waals surface area contributed by atoms with Crippen molar-refractivity contribution in [3.05, 3.63) is 22.7 Å². The predicted molar refractivity (Wildman–Crippen MR) is 79.8 cm³/mol. The number of hydrogen-bond donors (Lipinski definition) is 3. The van der Waals surface area contributed by atoms with E-state index in [9.17, 15) is 21.6 Å². The highest BCUT2D eigenvalue weighted by Crippen LogP contribution is 2.26. The summed E-state index contributed by atoms with van der Waals surface area (Å²) < 4.78 is 48.2. The van der Waals surface area contributed by atoms with E-state index in [2.05, 4.69) is 20.7 Å². The zero-order chi connectivity index (χ0) is 16.3. The van der Waals surface area contributed by atoms with Crippen LogP contribution in [0.5, 0.6) is 0 Å². The number of nitrogens with one attached hydrogen (secondary N) is 1. The lowest BCUT2D eigenvalue weighted by Gasteiger charge is -2.10. The van der Waals surface area contributed by atoms with Crippen molar-refractivity contribution in [1.82, 2.24) is 0 Å². The van der Waals surface area contributed by atoms with Crippen molar-refractivity contribution in [3.63, 3.8) is 0 Å². The average molecular weight is 401 g/mol. The molecule has 0 saturated heterocycles. The molecule has 0 unspecified atom stereocenters. The quantitative estimate of drug-likeness (QED) is 0.614. The highest BCUT2D eigenvalue weighted by Gasteiger charge is 2.15. The summed E-state index contributed by atoms with van der Waals surface area (Å²) in [6.07, 6.45) is -0.288. The maximum absolute atomic E-state index is 11.7. The van der Waals surface area contributed by atoms with Crippen LogP contribution in [-0.2, 0) is 24.8 Å². The number of halogens is 1. The van der Waals surface area contributed by atoms with Crippen molar-refractivity contribution in [1.29, 1.82) is 0 Å². The second kappa shape index (κ2) is 6.73. The lowest BCUT2D eigenvalue weighted by Crippen LogP contribution is -2.18. The molecule has 21 heavy (non-hydrogen) atoms. The van der Waals surface area contributed by atoms with Gasteiger partial charge in [0.05, 0.1) is 16.3 Å². The topological polar surface area (TPSA) is 144 Å². The van der Waals surface area contributed by atoms with Gasteiger partial charge in [0.25, 0.3) is 0 Å². The van der Waals surface area contributed by atoms with E-state index in [4.69, 9.17) is 10.2 Å². The Hall–Kier alpha value is -1.17. The molecule has 0 fully saturated rings. The van der Waals surface area contributed by atoms with Crippen molar-refractivity contribution in [2.45, 2.75) is 17.7 Å². The molecule has 8 nitrogen and oxygen atoms in total. The van der Waals surface area contributed by atoms with Crippen LogP contribution in [0.3, 0.4) is 0 Å². The summed E-state index contributed by atoms with van der Waals surface area (Å²) in [6.45, 7) is 0. The fourth-order valence-corrected chi connectivity index (χ4v) is 3.83. The lowest BCUT2D eigenvalue weighted by molar-refractivity contribution is -0.137. The Balaban J connectivity index is 2.86. The second-order valence-corrected chi connectivity index (χ2v) is 8.36. The Morgan fingerprint density at radius 3 is 2.38 bits per heavy atom. The summed E-state index contributed by atoms with van der Waals surface area (Å²) in [5.41, 5.74) is 0.137. The fourth-order valence-electron chi connectivity index (χ4n) is 1.39. The van der Waals surface area contributed by atoms with Gasteiger partial charge in [-0.25, -0.2) is 22.0 Å². The number of primary sulfonamides is 1. The van der Waals surface area contributed by atoms with Gasteiger partial charge in [-0.15, -0.1) is 0 Å². The van der Waals surface area contributed by atoms with Crippen LogP contribution in [0.15, 0.2) is 27.6 Å². The number of aliphatic carboxylic acids is 1. The molecule has 1 aromatic carbocycles. The molecule has 0 atom stereocenters. The van der Waals surface area contributed by atoms with Crippen molar-refractivity contribution < 1.29 is 26.7 Å². The zero-order valence-corrected chi connectivity index (χ0v) is 13.8. The predicted octanol–water partition coefficient (Wildman–Crippen LogP) is 0.703. The van der Waals surface area contributed by atoms with Crippen LogP contribution in [0.1, 0.15) is 12.8 Å². The third-order valence-electron chi connectivity index (χ3n) is 2.34. The number of hydrogen-bond acceptors (Lipinski definition) is 5. The molecule has 0 spiro atoms. The molecule has 0 radical (unpaired) electrons. The normalized spacial score (nSPS) is 12.1. The molecule has 0 bridgehead atoms. The maximum atomic E-state index is 11.7. The average Bonchev–Trinajstić information content (AvgIpc) is 2.29. The minimum Gasteiger partial charge on any atom is -0.481 e. The van der Waals surface area contributed by atoms with E-state index < -0.39 is 26.0 Å². The van der Waals surface area contributed by atoms with Gasteiger partial charge >= 0.3 is 5.97 Å². The van der Waals surface area contributed by atoms with E-state index in [1.165, 1.54) is 12.1 Å². The summed E-state index contributed by atoms with van der Waals surface area (Å²) in [7, 11) is -7.61. The van der Waals surface area contributed by atoms with E-state index >= 15 is 0 Å². The maximum Gasteiger partial charge on any atom is 0.303 e. The number of carboxylic acids is 1. The molecule has 118 valence electrons. The van der Waals surface area contributed by atoms with Gasteiger partial charge in [-0.3, -0.25) is 9.52 Å². The van der Waals surface area contributed by atoms with E-state index in [-0.39, 0.29) is 33.7 Å². The van der Waals surface area contributed by atoms with Crippen LogP contribution >= 0.6 is 15.9 Å². The Bertz CT molecular complexity index is 745. The Morgan fingerprint density at radius 2 is 1.90 bits per heavy atom. The number of carboxylic acid groups (broad SMARTS) is 1. The molecule has 0 aliphatic carbocycles. The van der Waals surface area contributed by atoms with Crippen molar-refractivity contribution in [2.24, 2.45) is 5.14 Å². The number of rotatable bonds is 7. The van der Waals surface area contributed by atoms with Crippen LogP contribution in [0.25, 0.3) is 0 Å². The summed E-state index contributed by atoms with van der Waals surface area (Å²) in [6, 6.07) is 3.58. The second-order valence-electron chi connectivity index (χ2n) is 4.10. The fraction of sp³-hybridized carbons (Fsp3) is 0.300. The molecule has 11 heteroatoms. The van der Waals surface area contributed by atoms with Gasteiger partial charge in [0.2, 0.25) is 20.0 Å². The number of carbonyl (C=O) groups is 1. The monoisotopic (exact) mass is 400 g/mol. The van der Waals surface area contributed by atoms with Crippen LogP contribution < -0.4 is 9.86 Å². The standard InChI is InChI=1S/C10H13BrN2O6S2/c11-8-6-7(21(12,18)19)3-4-9(8)13-20(16,17)5-1-2-10(14)15/h3-4,6,13H,1-2,5H2,(H,14,15)(H2,12,18,19). The number of anilines is 1. The van der Waals surface area contributed by atoms with Gasteiger partial charge in [0, 0.05) is 10.9 Å². The van der Waals surface area contributed by atoms with Gasteiger partial charge in [0.15, 0.2) is 0 Å². The molecule has 1 aromatic rings. The Labute approximate surface area is 130 Å². The molecule has 0 heterocycles. The molecular formula is C10H13BrN2O6S2. The molecule has 0 saturated carbocycles. The summed E-state index contributed by atoms with van der Waals surface area (Å²) in [4.78, 5) is 10.2. The minimum atomic E-state index is -3.88. The van der Waals surface area contributed by atoms with Gasteiger partial charge in [-0.05, 0) is 40.5 Å². The first-order valence-electron chi connectivity index (χ1n) is 5.56. The van der Waals surface area contributed by atoms with Gasteiger partial charge in [0.1, 0.15) is 0 Å². The zero-order valence-electron chi connectivity index (χ0n) is 10.6. The van der Waals surface area contributed by atoms with E-state index in [1.807, 2.05) is 0 Å². The third-order valence-corrected chi connectivity index (χ3v) is 5.26. The van der Waals surface area contributed by atoms with Crippen LogP contribution in [-0.4, -0.2) is 33.7 Å². The molecule has 0 amide bonds. The van der Waals surface area contributed by atoms with Crippen molar-refractivity contribution >= 4 is 47.6 Å². The lowest BCUT2D eigenvalue weighted by atomic mass is 10.3. The molecule has 0 aromatic heterocycles. The third kappa shape index (κ3) is 5.99. The molecular weight excluding hydrogens is 388 g/mol. The van der Waals surface area contributed by atoms with Gasteiger partial charge in [-0.2, -0.15) is 0 Å². The van der Waals surface area contributed by atoms with Gasteiger partial charge < -0.3 is 5.11 Å². The highest BCUT2D eigenvalue weighted by molar-refractivity contribution is 9.10. The molecule has 0 aliphatic heterocycles. The van der Waals surface area contributed by atoms with E-state index in [0.29, 0.717) is 0 Å². The van der Waals surface area contributed by atoms with Crippen molar-refractivity contribution in [2.75, 3.05) is 10.5 Å². The van der Waals surface area contributed by atoms with Crippen LogP contribution in [0.2, 0.25) is 0 Å². The number of sulfonamides is 2. The first-order valence-corrected chi connectivity index (χ1v) is 9.55. The first-order chi connectivity index (χ1) is 9.51. The van der Waals surface area contributed by atoms with E-state index in [0.717, 1.165) is 6.07 Å². The Kier molecular flexibility index (Phi) is 5.73. The summed E-state index contributed by atoms with van der Waals surface area (Å²) in [5, 5.41) is 13.4. The number of benzene rings is 1. The smallest absolute Gasteiger partial charge is 0.303 e. The van der Waals surface area contributed by atoms with Gasteiger partial charge in [-0.1, -0.05) is 0 Å². The van der Waals surface area contributed by atoms with Crippen LogP contribution in [0, 0.1) is 0 Å².